The van der Waals surface area contributed by atoms with Crippen molar-refractivity contribution < 1.29 is 4.79 Å². The lowest BCUT2D eigenvalue weighted by Crippen LogP contribution is -2.25. The Kier molecular flexibility index (Phi) is 4.41. The summed E-state index contributed by atoms with van der Waals surface area (Å²) in [7, 11) is 0. The number of nitrogens with zero attached hydrogens (tertiary/aromatic N) is 1. The van der Waals surface area contributed by atoms with Crippen LogP contribution in [0.25, 0.3) is 6.08 Å². The van der Waals surface area contributed by atoms with Crippen molar-refractivity contribution in [1.29, 1.82) is 0 Å². The number of halogens is 2. The van der Waals surface area contributed by atoms with Crippen LogP contribution in [0.3, 0.4) is 0 Å². The van der Waals surface area contributed by atoms with Crippen molar-refractivity contribution in [3.05, 3.63) is 74.9 Å². The minimum Gasteiger partial charge on any atom is -0.308 e. The Balaban J connectivity index is 1.80. The molecule has 0 atom stereocenters. The van der Waals surface area contributed by atoms with Gasteiger partial charge in [0.05, 0.1) is 0 Å². The first kappa shape index (κ1) is 15.0. The molecule has 5 heteroatoms. The predicted octanol–water partition coefficient (Wildman–Crippen LogP) is 4.21. The van der Waals surface area contributed by atoms with Gasteiger partial charge in [0.2, 0.25) is 0 Å². The van der Waals surface area contributed by atoms with Crippen LogP contribution in [0, 0.1) is 0 Å². The van der Waals surface area contributed by atoms with Gasteiger partial charge in [0.1, 0.15) is 11.5 Å². The van der Waals surface area contributed by atoms with E-state index in [1.807, 2.05) is 48.5 Å². The van der Waals surface area contributed by atoms with Gasteiger partial charge in [-0.25, -0.2) is 4.99 Å². The van der Waals surface area contributed by atoms with Gasteiger partial charge < -0.3 is 5.32 Å². The molecule has 0 radical (unpaired) electrons. The first-order chi connectivity index (χ1) is 10.6. The first-order valence-corrected chi connectivity index (χ1v) is 7.88. The van der Waals surface area contributed by atoms with Crippen molar-refractivity contribution in [2.75, 3.05) is 0 Å². The number of hydrogen-bond acceptors (Lipinski definition) is 2. The zero-order valence-corrected chi connectivity index (χ0v) is 13.9. The maximum Gasteiger partial charge on any atom is 0.275 e. The zero-order chi connectivity index (χ0) is 15.5. The average molecular weight is 376 g/mol. The highest BCUT2D eigenvalue weighted by molar-refractivity contribution is 9.10. The highest BCUT2D eigenvalue weighted by Crippen LogP contribution is 2.18. The van der Waals surface area contributed by atoms with Crippen molar-refractivity contribution in [1.82, 2.24) is 5.32 Å². The predicted molar refractivity (Wildman–Crippen MR) is 92.9 cm³/mol. The minimum absolute atomic E-state index is 0.177. The molecule has 3 rings (SSSR count). The number of benzene rings is 2. The average Bonchev–Trinajstić information content (AvgIpc) is 2.81. The zero-order valence-electron chi connectivity index (χ0n) is 11.5. The molecule has 2 aromatic rings. The fourth-order valence-electron chi connectivity index (χ4n) is 2.15. The summed E-state index contributed by atoms with van der Waals surface area (Å²) in [4.78, 5) is 16.4. The topological polar surface area (TPSA) is 41.5 Å². The molecule has 1 aliphatic heterocycles. The maximum absolute atomic E-state index is 12.0. The van der Waals surface area contributed by atoms with Crippen molar-refractivity contribution in [2.24, 2.45) is 4.99 Å². The van der Waals surface area contributed by atoms with Gasteiger partial charge in [-0.2, -0.15) is 0 Å². The molecular weight excluding hydrogens is 364 g/mol. The molecule has 110 valence electrons. The van der Waals surface area contributed by atoms with Gasteiger partial charge in [-0.1, -0.05) is 51.8 Å². The van der Waals surface area contributed by atoms with E-state index < -0.39 is 0 Å². The number of aliphatic imine (C=N–C) groups is 1. The number of carbonyl (C=O) groups excluding carboxylic acids is 1. The van der Waals surface area contributed by atoms with Crippen LogP contribution >= 0.6 is 27.5 Å². The molecule has 1 heterocycles. The molecule has 3 nitrogen and oxygen atoms in total. The summed E-state index contributed by atoms with van der Waals surface area (Å²) >= 11 is 9.28. The number of rotatable bonds is 3. The molecule has 0 spiro atoms. The van der Waals surface area contributed by atoms with Gasteiger partial charge in [0.25, 0.3) is 5.91 Å². The fraction of sp³-hybridized carbons (Fsp3) is 0.0588. The van der Waals surface area contributed by atoms with Gasteiger partial charge in [-0.05, 0) is 41.5 Å². The third-order valence-corrected chi connectivity index (χ3v) is 3.93. The summed E-state index contributed by atoms with van der Waals surface area (Å²) in [6.07, 6.45) is 2.34. The van der Waals surface area contributed by atoms with Crippen LogP contribution in [0.5, 0.6) is 0 Å². The van der Waals surface area contributed by atoms with E-state index in [-0.39, 0.29) is 5.91 Å². The standard InChI is InChI=1S/C17H12BrClN2O/c18-13-3-1-2-12(8-13)9-15-17(22)21-16(20-15)10-11-4-6-14(19)7-5-11/h1-9H,10H2,(H,20,21,22)/b15-9+. The van der Waals surface area contributed by atoms with Crippen molar-refractivity contribution in [3.63, 3.8) is 0 Å². The Hall–Kier alpha value is -1.91. The van der Waals surface area contributed by atoms with Crippen LogP contribution in [0.1, 0.15) is 11.1 Å². The van der Waals surface area contributed by atoms with E-state index in [9.17, 15) is 4.79 Å². The van der Waals surface area contributed by atoms with E-state index in [2.05, 4.69) is 26.2 Å². The van der Waals surface area contributed by atoms with Gasteiger partial charge in [-0.15, -0.1) is 0 Å². The molecular formula is C17H12BrClN2O. The first-order valence-electron chi connectivity index (χ1n) is 6.71. The van der Waals surface area contributed by atoms with E-state index >= 15 is 0 Å². The molecule has 0 saturated heterocycles. The molecule has 22 heavy (non-hydrogen) atoms. The third-order valence-electron chi connectivity index (χ3n) is 3.18. The van der Waals surface area contributed by atoms with Crippen LogP contribution in [-0.2, 0) is 11.2 Å². The Morgan fingerprint density at radius 1 is 1.18 bits per heavy atom. The molecule has 0 unspecified atom stereocenters. The fourth-order valence-corrected chi connectivity index (χ4v) is 2.69. The van der Waals surface area contributed by atoms with Crippen LogP contribution in [-0.4, -0.2) is 11.7 Å². The number of carbonyl (C=O) groups is 1. The molecule has 0 fully saturated rings. The second-order valence-corrected chi connectivity index (χ2v) is 6.25. The maximum atomic E-state index is 12.0. The smallest absolute Gasteiger partial charge is 0.275 e. The van der Waals surface area contributed by atoms with Crippen LogP contribution in [0.4, 0.5) is 0 Å². The molecule has 1 aliphatic rings. The number of hydrogen-bond donors (Lipinski definition) is 1. The van der Waals surface area contributed by atoms with Crippen LogP contribution < -0.4 is 5.32 Å². The highest BCUT2D eigenvalue weighted by Gasteiger charge is 2.19. The quantitative estimate of drug-likeness (QED) is 0.802. The van der Waals surface area contributed by atoms with Crippen molar-refractivity contribution >= 4 is 45.3 Å². The van der Waals surface area contributed by atoms with Gasteiger partial charge in [0.15, 0.2) is 0 Å². The van der Waals surface area contributed by atoms with Crippen molar-refractivity contribution in [2.45, 2.75) is 6.42 Å². The Morgan fingerprint density at radius 2 is 1.95 bits per heavy atom. The second kappa shape index (κ2) is 6.46. The van der Waals surface area contributed by atoms with Gasteiger partial charge >= 0.3 is 0 Å². The molecule has 0 aromatic heterocycles. The van der Waals surface area contributed by atoms with E-state index in [1.165, 1.54) is 0 Å². The molecule has 1 N–H and O–H groups in total. The van der Waals surface area contributed by atoms with Gasteiger partial charge in [-0.3, -0.25) is 4.79 Å². The highest BCUT2D eigenvalue weighted by atomic mass is 79.9. The summed E-state index contributed by atoms with van der Waals surface area (Å²) in [5, 5.41) is 3.49. The van der Waals surface area contributed by atoms with E-state index in [0.29, 0.717) is 23.0 Å². The largest absolute Gasteiger partial charge is 0.308 e. The Labute approximate surface area is 141 Å². The lowest BCUT2D eigenvalue weighted by molar-refractivity contribution is -0.115. The third kappa shape index (κ3) is 3.64. The number of amides is 1. The normalized spacial score (nSPS) is 15.8. The summed E-state index contributed by atoms with van der Waals surface area (Å²) < 4.78 is 0.964. The molecule has 1 amide bonds. The lowest BCUT2D eigenvalue weighted by atomic mass is 10.1. The minimum atomic E-state index is -0.177. The van der Waals surface area contributed by atoms with E-state index in [4.69, 9.17) is 11.6 Å². The number of nitrogens with one attached hydrogen (secondary N) is 1. The molecule has 2 aromatic carbocycles. The summed E-state index contributed by atoms with van der Waals surface area (Å²) in [5.41, 5.74) is 2.39. The summed E-state index contributed by atoms with van der Waals surface area (Å²) in [6.45, 7) is 0. The Morgan fingerprint density at radius 3 is 2.68 bits per heavy atom. The second-order valence-electron chi connectivity index (χ2n) is 4.90. The summed E-state index contributed by atoms with van der Waals surface area (Å²) in [6, 6.07) is 15.2. The van der Waals surface area contributed by atoms with Crippen molar-refractivity contribution in [3.8, 4) is 0 Å². The molecule has 0 bridgehead atoms. The SMILES string of the molecule is O=C1NC(Cc2ccc(Cl)cc2)=N/C1=C/c1cccc(Br)c1. The lowest BCUT2D eigenvalue weighted by Gasteiger charge is -2.00. The Bertz CT molecular complexity index is 782. The number of amidine groups is 1. The van der Waals surface area contributed by atoms with E-state index in [0.717, 1.165) is 15.6 Å². The van der Waals surface area contributed by atoms with Gasteiger partial charge in [0, 0.05) is 15.9 Å². The van der Waals surface area contributed by atoms with E-state index in [1.54, 1.807) is 6.08 Å². The van der Waals surface area contributed by atoms with Crippen LogP contribution in [0.15, 0.2) is 63.7 Å². The molecule has 0 saturated carbocycles. The molecule has 0 aliphatic carbocycles. The van der Waals surface area contributed by atoms with Crippen LogP contribution in [0.2, 0.25) is 5.02 Å². The monoisotopic (exact) mass is 374 g/mol. The summed E-state index contributed by atoms with van der Waals surface area (Å²) in [5.74, 6) is 0.470.